The summed E-state index contributed by atoms with van der Waals surface area (Å²) in [6.07, 6.45) is 0. The lowest BCUT2D eigenvalue weighted by Crippen LogP contribution is -2.51. The molecule has 7 heteroatoms. The lowest BCUT2D eigenvalue weighted by Gasteiger charge is -2.34. The van der Waals surface area contributed by atoms with Crippen molar-refractivity contribution in [1.82, 2.24) is 15.1 Å². The Morgan fingerprint density at radius 3 is 2.27 bits per heavy atom. The average molecular weight is 430 g/mol. The van der Waals surface area contributed by atoms with E-state index < -0.39 is 0 Å². The van der Waals surface area contributed by atoms with E-state index in [4.69, 9.17) is 4.74 Å². The van der Waals surface area contributed by atoms with Gasteiger partial charge in [-0.1, -0.05) is 26.0 Å². The summed E-state index contributed by atoms with van der Waals surface area (Å²) in [7, 11) is 1.64. The quantitative estimate of drug-likeness (QED) is 0.733. The van der Waals surface area contributed by atoms with Crippen LogP contribution < -0.4 is 10.1 Å². The average Bonchev–Trinajstić information content (AvgIpc) is 3.18. The second-order valence-electron chi connectivity index (χ2n) is 8.04. The Balaban J connectivity index is 1.51. The minimum absolute atomic E-state index is 0.0122. The fourth-order valence-electron chi connectivity index (χ4n) is 3.68. The maximum atomic E-state index is 12.7. The smallest absolute Gasteiger partial charge is 0.264 e. The van der Waals surface area contributed by atoms with Gasteiger partial charge in [-0.25, -0.2) is 0 Å². The molecular formula is C23H31N3O3S. The van der Waals surface area contributed by atoms with Gasteiger partial charge in [0.25, 0.3) is 5.91 Å². The van der Waals surface area contributed by atoms with E-state index in [9.17, 15) is 9.59 Å². The highest BCUT2D eigenvalue weighted by molar-refractivity contribution is 7.13. The third kappa shape index (κ3) is 5.61. The predicted octanol–water partition coefficient (Wildman–Crippen LogP) is 3.34. The number of ether oxygens (including phenoxy) is 1. The molecule has 2 aromatic rings. The zero-order valence-electron chi connectivity index (χ0n) is 18.2. The highest BCUT2D eigenvalue weighted by atomic mass is 32.1. The summed E-state index contributed by atoms with van der Waals surface area (Å²) >= 11 is 1.53. The van der Waals surface area contributed by atoms with Crippen molar-refractivity contribution in [3.8, 4) is 5.75 Å². The highest BCUT2D eigenvalue weighted by Crippen LogP contribution is 2.24. The molecule has 0 spiro atoms. The van der Waals surface area contributed by atoms with Crippen molar-refractivity contribution in [3.05, 3.63) is 51.7 Å². The van der Waals surface area contributed by atoms with E-state index in [1.165, 1.54) is 11.3 Å². The number of carbonyl (C=O) groups excluding carboxylic acids is 2. The Morgan fingerprint density at radius 1 is 1.07 bits per heavy atom. The van der Waals surface area contributed by atoms with Crippen LogP contribution in [0.25, 0.3) is 0 Å². The molecule has 0 radical (unpaired) electrons. The van der Waals surface area contributed by atoms with Crippen LogP contribution in [0.15, 0.2) is 36.4 Å². The maximum absolute atomic E-state index is 12.7. The number of hydrogen-bond donors (Lipinski definition) is 1. The first-order valence-corrected chi connectivity index (χ1v) is 11.2. The molecule has 1 atom stereocenters. The van der Waals surface area contributed by atoms with Crippen molar-refractivity contribution in [2.24, 2.45) is 5.92 Å². The van der Waals surface area contributed by atoms with Crippen molar-refractivity contribution in [3.63, 3.8) is 0 Å². The third-order valence-electron chi connectivity index (χ3n) is 5.44. The van der Waals surface area contributed by atoms with Gasteiger partial charge in [0, 0.05) is 31.1 Å². The number of nitrogens with one attached hydrogen (secondary N) is 1. The minimum atomic E-state index is -0.0478. The van der Waals surface area contributed by atoms with Gasteiger partial charge in [0.15, 0.2) is 0 Å². The standard InChI is InChI=1S/C23H31N3O3S/c1-16(2)22(18-6-8-19(29-4)9-7-18)24-21(27)15-25-11-13-26(14-12-25)23(28)20-10-5-17(3)30-20/h5-10,16,22H,11-15H2,1-4H3,(H,24,27). The lowest BCUT2D eigenvalue weighted by molar-refractivity contribution is -0.123. The normalized spacial score (nSPS) is 15.8. The second-order valence-corrected chi connectivity index (χ2v) is 9.33. The van der Waals surface area contributed by atoms with Crippen molar-refractivity contribution in [2.75, 3.05) is 39.8 Å². The van der Waals surface area contributed by atoms with Crippen LogP contribution in [0.4, 0.5) is 0 Å². The van der Waals surface area contributed by atoms with Crippen LogP contribution in [-0.4, -0.2) is 61.4 Å². The molecule has 0 saturated carbocycles. The Morgan fingerprint density at radius 2 is 1.73 bits per heavy atom. The lowest BCUT2D eigenvalue weighted by atomic mass is 9.96. The van der Waals surface area contributed by atoms with Crippen molar-refractivity contribution in [2.45, 2.75) is 26.8 Å². The van der Waals surface area contributed by atoms with E-state index in [-0.39, 0.29) is 23.8 Å². The molecule has 0 aliphatic carbocycles. The van der Waals surface area contributed by atoms with Crippen LogP contribution in [0.5, 0.6) is 5.75 Å². The molecule has 1 saturated heterocycles. The highest BCUT2D eigenvalue weighted by Gasteiger charge is 2.25. The van der Waals surface area contributed by atoms with Crippen LogP contribution in [0, 0.1) is 12.8 Å². The molecule has 3 rings (SSSR count). The summed E-state index contributed by atoms with van der Waals surface area (Å²) in [4.78, 5) is 31.2. The summed E-state index contributed by atoms with van der Waals surface area (Å²) in [5.41, 5.74) is 1.07. The summed E-state index contributed by atoms with van der Waals surface area (Å²) < 4.78 is 5.22. The molecule has 1 aromatic carbocycles. The number of carbonyl (C=O) groups is 2. The Kier molecular flexibility index (Phi) is 7.50. The molecule has 1 unspecified atom stereocenters. The van der Waals surface area contributed by atoms with Gasteiger partial charge in [-0.15, -0.1) is 11.3 Å². The number of hydrogen-bond acceptors (Lipinski definition) is 5. The van der Waals surface area contributed by atoms with Gasteiger partial charge in [0.05, 0.1) is 24.6 Å². The number of nitrogens with zero attached hydrogens (tertiary/aromatic N) is 2. The van der Waals surface area contributed by atoms with Gasteiger partial charge in [0.1, 0.15) is 5.75 Å². The number of rotatable bonds is 7. The van der Waals surface area contributed by atoms with Crippen LogP contribution >= 0.6 is 11.3 Å². The summed E-state index contributed by atoms with van der Waals surface area (Å²) in [5, 5.41) is 3.18. The van der Waals surface area contributed by atoms with Crippen molar-refractivity contribution in [1.29, 1.82) is 0 Å². The second kappa shape index (κ2) is 10.1. The first-order valence-electron chi connectivity index (χ1n) is 10.4. The molecule has 30 heavy (non-hydrogen) atoms. The monoisotopic (exact) mass is 429 g/mol. The Bertz CT molecular complexity index is 855. The van der Waals surface area contributed by atoms with Gasteiger partial charge in [-0.3, -0.25) is 14.5 Å². The first-order chi connectivity index (χ1) is 14.4. The van der Waals surface area contributed by atoms with Gasteiger partial charge in [0.2, 0.25) is 5.91 Å². The van der Waals surface area contributed by atoms with Crippen molar-refractivity contribution < 1.29 is 14.3 Å². The van der Waals surface area contributed by atoms with E-state index >= 15 is 0 Å². The number of methoxy groups -OCH3 is 1. The van der Waals surface area contributed by atoms with Crippen LogP contribution in [0.1, 0.15) is 40.0 Å². The largest absolute Gasteiger partial charge is 0.497 e. The van der Waals surface area contributed by atoms with Crippen LogP contribution in [-0.2, 0) is 4.79 Å². The van der Waals surface area contributed by atoms with E-state index in [0.717, 1.165) is 21.1 Å². The third-order valence-corrected chi connectivity index (χ3v) is 6.42. The van der Waals surface area contributed by atoms with Crippen LogP contribution in [0.3, 0.4) is 0 Å². The van der Waals surface area contributed by atoms with Gasteiger partial charge in [-0.05, 0) is 42.7 Å². The fourth-order valence-corrected chi connectivity index (χ4v) is 4.52. The van der Waals surface area contributed by atoms with E-state index in [0.29, 0.717) is 32.7 Å². The zero-order valence-corrected chi connectivity index (χ0v) is 19.0. The SMILES string of the molecule is COc1ccc(C(NC(=O)CN2CCN(C(=O)c3ccc(C)s3)CC2)C(C)C)cc1. The van der Waals surface area contributed by atoms with E-state index in [2.05, 4.69) is 24.1 Å². The predicted molar refractivity (Wildman–Crippen MR) is 120 cm³/mol. The molecule has 0 bridgehead atoms. The van der Waals surface area contributed by atoms with E-state index in [1.54, 1.807) is 7.11 Å². The zero-order chi connectivity index (χ0) is 21.7. The van der Waals surface area contributed by atoms with Gasteiger partial charge in [-0.2, -0.15) is 0 Å². The minimum Gasteiger partial charge on any atom is -0.497 e. The van der Waals surface area contributed by atoms with E-state index in [1.807, 2.05) is 48.2 Å². The van der Waals surface area contributed by atoms with Gasteiger partial charge < -0.3 is 15.0 Å². The molecule has 1 aromatic heterocycles. The number of aryl methyl sites for hydroxylation is 1. The molecule has 2 heterocycles. The van der Waals surface area contributed by atoms with Crippen LogP contribution in [0.2, 0.25) is 0 Å². The maximum Gasteiger partial charge on any atom is 0.264 e. The Hall–Kier alpha value is -2.38. The molecule has 162 valence electrons. The molecule has 1 N–H and O–H groups in total. The summed E-state index contributed by atoms with van der Waals surface area (Å²) in [6, 6.07) is 11.7. The number of thiophene rings is 1. The number of piperazine rings is 1. The molecule has 1 fully saturated rings. The molecule has 1 aliphatic heterocycles. The summed E-state index contributed by atoms with van der Waals surface area (Å²) in [6.45, 7) is 9.27. The number of amides is 2. The molecule has 2 amide bonds. The van der Waals surface area contributed by atoms with Gasteiger partial charge >= 0.3 is 0 Å². The summed E-state index contributed by atoms with van der Waals surface area (Å²) in [5.74, 6) is 1.18. The Labute approximate surface area is 182 Å². The number of benzene rings is 1. The molecule has 1 aliphatic rings. The topological polar surface area (TPSA) is 61.9 Å². The first kappa shape index (κ1) is 22.3. The fraction of sp³-hybridized carbons (Fsp3) is 0.478. The van der Waals surface area contributed by atoms with Crippen molar-refractivity contribution >= 4 is 23.2 Å². The molecule has 6 nitrogen and oxygen atoms in total. The molecular weight excluding hydrogens is 398 g/mol.